The molecule has 0 aliphatic rings. The average molecular weight is 418 g/mol. The molecular weight excluding hydrogens is 402 g/mol. The summed E-state index contributed by atoms with van der Waals surface area (Å²) < 4.78 is 0. The Labute approximate surface area is 170 Å². The number of benzene rings is 2. The standard InChI is InChI=1S/C19H16ClN3O2S2/c1-12-21-13(10-26-12)11-27-17-9-5-3-7-15(17)19(25)23-22-18(24)14-6-2-4-8-16(14)20/h2-10H,11H2,1H3,(H,22,24)(H,23,25). The van der Waals surface area contributed by atoms with Crippen LogP contribution in [0.1, 0.15) is 31.4 Å². The van der Waals surface area contributed by atoms with Gasteiger partial charge in [-0.05, 0) is 31.2 Å². The van der Waals surface area contributed by atoms with Crippen LogP contribution in [0.4, 0.5) is 0 Å². The molecule has 0 aliphatic heterocycles. The van der Waals surface area contributed by atoms with Crippen LogP contribution in [0.15, 0.2) is 58.8 Å². The smallest absolute Gasteiger partial charge is 0.267 e. The fraction of sp³-hybridized carbons (Fsp3) is 0.105. The lowest BCUT2D eigenvalue weighted by Gasteiger charge is -2.11. The van der Waals surface area contributed by atoms with Crippen LogP contribution in [0.2, 0.25) is 5.02 Å². The average Bonchev–Trinajstić information content (AvgIpc) is 3.10. The number of carbonyl (C=O) groups excluding carboxylic acids is 2. The van der Waals surface area contributed by atoms with Crippen molar-refractivity contribution in [1.82, 2.24) is 15.8 Å². The van der Waals surface area contributed by atoms with Crippen molar-refractivity contribution in [2.45, 2.75) is 17.6 Å². The minimum absolute atomic E-state index is 0.293. The summed E-state index contributed by atoms with van der Waals surface area (Å²) in [7, 11) is 0. The molecule has 3 aromatic rings. The number of hydrogen-bond acceptors (Lipinski definition) is 5. The SMILES string of the molecule is Cc1nc(CSc2ccccc2C(=O)NNC(=O)c2ccccc2Cl)cs1. The van der Waals surface area contributed by atoms with E-state index in [1.54, 1.807) is 47.7 Å². The Morgan fingerprint density at radius 3 is 2.33 bits per heavy atom. The third-order valence-corrected chi connectivity index (χ3v) is 5.84. The Bertz CT molecular complexity index is 975. The fourth-order valence-corrected chi connectivity index (χ4v) is 4.18. The highest BCUT2D eigenvalue weighted by atomic mass is 35.5. The van der Waals surface area contributed by atoms with Crippen molar-refractivity contribution < 1.29 is 9.59 Å². The van der Waals surface area contributed by atoms with Gasteiger partial charge in [0.25, 0.3) is 11.8 Å². The van der Waals surface area contributed by atoms with Gasteiger partial charge in [0.2, 0.25) is 0 Å². The van der Waals surface area contributed by atoms with Crippen LogP contribution in [0.3, 0.4) is 0 Å². The number of thioether (sulfide) groups is 1. The van der Waals surface area contributed by atoms with Crippen molar-refractivity contribution in [2.24, 2.45) is 0 Å². The number of amides is 2. The van der Waals surface area contributed by atoms with Gasteiger partial charge in [-0.15, -0.1) is 23.1 Å². The number of aromatic nitrogens is 1. The second kappa shape index (κ2) is 9.03. The molecule has 0 fully saturated rings. The molecule has 27 heavy (non-hydrogen) atoms. The van der Waals surface area contributed by atoms with Gasteiger partial charge < -0.3 is 0 Å². The number of hydrogen-bond donors (Lipinski definition) is 2. The van der Waals surface area contributed by atoms with Crippen molar-refractivity contribution >= 4 is 46.5 Å². The predicted molar refractivity (Wildman–Crippen MR) is 109 cm³/mol. The molecule has 3 rings (SSSR count). The normalized spacial score (nSPS) is 10.4. The van der Waals surface area contributed by atoms with E-state index in [1.165, 1.54) is 11.8 Å². The van der Waals surface area contributed by atoms with E-state index in [-0.39, 0.29) is 0 Å². The van der Waals surface area contributed by atoms with Gasteiger partial charge in [0.15, 0.2) is 0 Å². The van der Waals surface area contributed by atoms with E-state index in [1.807, 2.05) is 24.4 Å². The molecule has 138 valence electrons. The van der Waals surface area contributed by atoms with Gasteiger partial charge >= 0.3 is 0 Å². The highest BCUT2D eigenvalue weighted by molar-refractivity contribution is 7.98. The third-order valence-electron chi connectivity index (χ3n) is 3.58. The minimum Gasteiger partial charge on any atom is -0.267 e. The van der Waals surface area contributed by atoms with Crippen LogP contribution in [0.25, 0.3) is 0 Å². The molecule has 1 heterocycles. The van der Waals surface area contributed by atoms with Gasteiger partial charge in [0.1, 0.15) is 0 Å². The van der Waals surface area contributed by atoms with Gasteiger partial charge in [0.05, 0.1) is 26.9 Å². The van der Waals surface area contributed by atoms with Crippen molar-refractivity contribution in [2.75, 3.05) is 0 Å². The quantitative estimate of drug-likeness (QED) is 0.474. The van der Waals surface area contributed by atoms with E-state index in [9.17, 15) is 9.59 Å². The molecule has 2 N–H and O–H groups in total. The van der Waals surface area contributed by atoms with Crippen LogP contribution in [0.5, 0.6) is 0 Å². The molecule has 0 spiro atoms. The lowest BCUT2D eigenvalue weighted by Crippen LogP contribution is -2.41. The Hall–Kier alpha value is -2.35. The molecule has 0 aliphatic carbocycles. The monoisotopic (exact) mass is 417 g/mol. The van der Waals surface area contributed by atoms with E-state index in [0.717, 1.165) is 15.6 Å². The molecule has 0 bridgehead atoms. The number of rotatable bonds is 5. The number of carbonyl (C=O) groups is 2. The molecule has 0 radical (unpaired) electrons. The molecule has 0 saturated heterocycles. The van der Waals surface area contributed by atoms with Gasteiger partial charge in [-0.2, -0.15) is 0 Å². The lowest BCUT2D eigenvalue weighted by atomic mass is 10.2. The highest BCUT2D eigenvalue weighted by Crippen LogP contribution is 2.26. The van der Waals surface area contributed by atoms with Crippen molar-refractivity contribution in [3.8, 4) is 0 Å². The third kappa shape index (κ3) is 5.09. The maximum Gasteiger partial charge on any atom is 0.271 e. The van der Waals surface area contributed by atoms with Crippen molar-refractivity contribution in [1.29, 1.82) is 0 Å². The lowest BCUT2D eigenvalue weighted by molar-refractivity contribution is 0.0845. The van der Waals surface area contributed by atoms with Gasteiger partial charge in [-0.3, -0.25) is 20.4 Å². The first-order chi connectivity index (χ1) is 13.0. The van der Waals surface area contributed by atoms with E-state index < -0.39 is 11.8 Å². The summed E-state index contributed by atoms with van der Waals surface area (Å²) in [5, 5.41) is 3.34. The Kier molecular flexibility index (Phi) is 6.49. The summed E-state index contributed by atoms with van der Waals surface area (Å²) in [6.45, 7) is 1.96. The largest absolute Gasteiger partial charge is 0.271 e. The highest BCUT2D eigenvalue weighted by Gasteiger charge is 2.14. The van der Waals surface area contributed by atoms with Crippen molar-refractivity contribution in [3.05, 3.63) is 80.8 Å². The zero-order valence-corrected chi connectivity index (χ0v) is 16.8. The summed E-state index contributed by atoms with van der Waals surface area (Å²) in [6.07, 6.45) is 0. The van der Waals surface area contributed by atoms with E-state index in [2.05, 4.69) is 15.8 Å². The molecule has 2 aromatic carbocycles. The summed E-state index contributed by atoms with van der Waals surface area (Å²) in [5.41, 5.74) is 6.59. The Morgan fingerprint density at radius 1 is 1.04 bits per heavy atom. The summed E-state index contributed by atoms with van der Waals surface area (Å²) in [4.78, 5) is 29.9. The van der Waals surface area contributed by atoms with Crippen LogP contribution < -0.4 is 10.9 Å². The van der Waals surface area contributed by atoms with Crippen LogP contribution in [-0.2, 0) is 5.75 Å². The number of aryl methyl sites for hydroxylation is 1. The summed E-state index contributed by atoms with van der Waals surface area (Å²) in [6, 6.07) is 13.9. The maximum atomic E-state index is 12.5. The summed E-state index contributed by atoms with van der Waals surface area (Å²) >= 11 is 9.12. The predicted octanol–water partition coefficient (Wildman–Crippen LogP) is 4.47. The van der Waals surface area contributed by atoms with E-state index in [4.69, 9.17) is 11.6 Å². The van der Waals surface area contributed by atoms with Gasteiger partial charge in [-0.25, -0.2) is 4.98 Å². The van der Waals surface area contributed by atoms with Crippen LogP contribution >= 0.6 is 34.7 Å². The van der Waals surface area contributed by atoms with E-state index in [0.29, 0.717) is 21.9 Å². The Morgan fingerprint density at radius 2 is 1.67 bits per heavy atom. The first-order valence-electron chi connectivity index (χ1n) is 8.02. The van der Waals surface area contributed by atoms with Crippen molar-refractivity contribution in [3.63, 3.8) is 0 Å². The van der Waals surface area contributed by atoms with Gasteiger partial charge in [0, 0.05) is 16.0 Å². The summed E-state index contributed by atoms with van der Waals surface area (Å²) in [5.74, 6) is -0.203. The fourth-order valence-electron chi connectivity index (χ4n) is 2.30. The molecule has 0 saturated carbocycles. The van der Waals surface area contributed by atoms with Crippen LogP contribution in [0, 0.1) is 6.92 Å². The second-order valence-corrected chi connectivity index (χ2v) is 8.02. The zero-order chi connectivity index (χ0) is 19.2. The molecule has 0 unspecified atom stereocenters. The molecule has 5 nitrogen and oxygen atoms in total. The molecule has 2 amide bonds. The number of thiazole rings is 1. The maximum absolute atomic E-state index is 12.5. The van der Waals surface area contributed by atoms with Crippen LogP contribution in [-0.4, -0.2) is 16.8 Å². The second-order valence-electron chi connectivity index (χ2n) is 5.53. The Balaban J connectivity index is 1.64. The van der Waals surface area contributed by atoms with Gasteiger partial charge in [-0.1, -0.05) is 35.9 Å². The molecular formula is C19H16ClN3O2S2. The molecule has 0 atom stereocenters. The minimum atomic E-state index is -0.475. The molecule has 1 aromatic heterocycles. The number of halogens is 1. The number of hydrazine groups is 1. The topological polar surface area (TPSA) is 71.1 Å². The number of nitrogens with one attached hydrogen (secondary N) is 2. The first kappa shape index (κ1) is 19.4. The zero-order valence-electron chi connectivity index (χ0n) is 14.4. The first-order valence-corrected chi connectivity index (χ1v) is 10.3. The number of nitrogens with zero attached hydrogens (tertiary/aromatic N) is 1. The van der Waals surface area contributed by atoms with E-state index >= 15 is 0 Å². The molecule has 8 heteroatoms.